The minimum atomic E-state index is -0.490. The molecule has 2 rings (SSSR count). The van der Waals surface area contributed by atoms with E-state index in [1.807, 2.05) is 13.0 Å². The van der Waals surface area contributed by atoms with Gasteiger partial charge in [0.2, 0.25) is 0 Å². The Bertz CT molecular complexity index is 707. The number of anilines is 1. The molecule has 0 saturated heterocycles. The average molecular weight is 297 g/mol. The van der Waals surface area contributed by atoms with Crippen molar-refractivity contribution in [2.24, 2.45) is 0 Å². The third-order valence-corrected chi connectivity index (χ3v) is 3.46. The SMILES string of the molecule is CCOC(=O)c1cccc(CC)c1C(=O)c1ccccc1N. The van der Waals surface area contributed by atoms with Crippen molar-refractivity contribution in [2.75, 3.05) is 12.3 Å². The molecule has 2 N–H and O–H groups in total. The van der Waals surface area contributed by atoms with Crippen LogP contribution in [0, 0.1) is 0 Å². The van der Waals surface area contributed by atoms with Crippen molar-refractivity contribution in [3.63, 3.8) is 0 Å². The van der Waals surface area contributed by atoms with E-state index >= 15 is 0 Å². The number of ether oxygens (including phenoxy) is 1. The second kappa shape index (κ2) is 6.89. The van der Waals surface area contributed by atoms with Crippen LogP contribution in [0.15, 0.2) is 42.5 Å². The van der Waals surface area contributed by atoms with Crippen molar-refractivity contribution in [2.45, 2.75) is 20.3 Å². The number of esters is 1. The molecule has 0 fully saturated rings. The molecule has 0 spiro atoms. The number of ketones is 1. The first-order valence-electron chi connectivity index (χ1n) is 7.28. The topological polar surface area (TPSA) is 69.4 Å². The number of hydrogen-bond donors (Lipinski definition) is 1. The number of hydrogen-bond acceptors (Lipinski definition) is 4. The molecule has 2 aromatic rings. The van der Waals surface area contributed by atoms with Crippen LogP contribution in [0.1, 0.15) is 45.7 Å². The Hall–Kier alpha value is -2.62. The van der Waals surface area contributed by atoms with Gasteiger partial charge in [0.1, 0.15) is 0 Å². The van der Waals surface area contributed by atoms with Crippen molar-refractivity contribution < 1.29 is 14.3 Å². The van der Waals surface area contributed by atoms with E-state index < -0.39 is 5.97 Å². The first-order chi connectivity index (χ1) is 10.6. The zero-order valence-electron chi connectivity index (χ0n) is 12.8. The van der Waals surface area contributed by atoms with Crippen molar-refractivity contribution in [1.29, 1.82) is 0 Å². The highest BCUT2D eigenvalue weighted by molar-refractivity contribution is 6.17. The summed E-state index contributed by atoms with van der Waals surface area (Å²) in [6.07, 6.45) is 0.640. The number of carbonyl (C=O) groups excluding carboxylic acids is 2. The van der Waals surface area contributed by atoms with Gasteiger partial charge >= 0.3 is 5.97 Å². The summed E-state index contributed by atoms with van der Waals surface area (Å²) in [5.74, 6) is -0.741. The molecule has 0 saturated carbocycles. The van der Waals surface area contributed by atoms with Crippen LogP contribution >= 0.6 is 0 Å². The largest absolute Gasteiger partial charge is 0.462 e. The number of aryl methyl sites for hydroxylation is 1. The summed E-state index contributed by atoms with van der Waals surface area (Å²) in [5, 5.41) is 0. The number of rotatable bonds is 5. The van der Waals surface area contributed by atoms with Gasteiger partial charge < -0.3 is 10.5 Å². The highest BCUT2D eigenvalue weighted by atomic mass is 16.5. The summed E-state index contributed by atoms with van der Waals surface area (Å²) in [6, 6.07) is 12.1. The molecular formula is C18H19NO3. The zero-order chi connectivity index (χ0) is 16.1. The van der Waals surface area contributed by atoms with Gasteiger partial charge in [0.25, 0.3) is 0 Å². The van der Waals surface area contributed by atoms with Gasteiger partial charge in [0.15, 0.2) is 5.78 Å². The molecule has 114 valence electrons. The molecule has 0 heterocycles. The standard InChI is InChI=1S/C18H19NO3/c1-3-12-8-7-10-14(18(21)22-4-2)16(12)17(20)13-9-5-6-11-15(13)19/h5-11H,3-4,19H2,1-2H3. The molecule has 0 bridgehead atoms. The summed E-state index contributed by atoms with van der Waals surface area (Å²) < 4.78 is 5.06. The second-order valence-corrected chi connectivity index (χ2v) is 4.83. The molecule has 4 nitrogen and oxygen atoms in total. The predicted octanol–water partition coefficient (Wildman–Crippen LogP) is 3.24. The van der Waals surface area contributed by atoms with Gasteiger partial charge in [-0.05, 0) is 37.1 Å². The van der Waals surface area contributed by atoms with Gasteiger partial charge in [-0.1, -0.05) is 31.2 Å². The van der Waals surface area contributed by atoms with E-state index in [-0.39, 0.29) is 18.0 Å². The highest BCUT2D eigenvalue weighted by Gasteiger charge is 2.23. The van der Waals surface area contributed by atoms with Crippen LogP contribution in [0.2, 0.25) is 0 Å². The van der Waals surface area contributed by atoms with Crippen molar-refractivity contribution >= 4 is 17.4 Å². The molecular weight excluding hydrogens is 278 g/mol. The van der Waals surface area contributed by atoms with Gasteiger partial charge in [-0.15, -0.1) is 0 Å². The summed E-state index contributed by atoms with van der Waals surface area (Å²) in [7, 11) is 0. The van der Waals surface area contributed by atoms with E-state index in [2.05, 4.69) is 0 Å². The lowest BCUT2D eigenvalue weighted by atomic mass is 9.91. The Balaban J connectivity index is 2.60. The van der Waals surface area contributed by atoms with Gasteiger partial charge in [0.05, 0.1) is 12.2 Å². The van der Waals surface area contributed by atoms with Crippen LogP contribution in [0.25, 0.3) is 0 Å². The minimum Gasteiger partial charge on any atom is -0.462 e. The molecule has 0 aliphatic carbocycles. The first-order valence-corrected chi connectivity index (χ1v) is 7.28. The second-order valence-electron chi connectivity index (χ2n) is 4.83. The van der Waals surface area contributed by atoms with E-state index in [9.17, 15) is 9.59 Å². The Morgan fingerprint density at radius 1 is 1.00 bits per heavy atom. The third kappa shape index (κ3) is 3.01. The average Bonchev–Trinajstić information content (AvgIpc) is 2.54. The zero-order valence-corrected chi connectivity index (χ0v) is 12.8. The Kier molecular flexibility index (Phi) is 4.94. The molecule has 22 heavy (non-hydrogen) atoms. The van der Waals surface area contributed by atoms with Gasteiger partial charge in [-0.25, -0.2) is 4.79 Å². The molecule has 0 unspecified atom stereocenters. The number of carbonyl (C=O) groups is 2. The molecule has 0 radical (unpaired) electrons. The fourth-order valence-electron chi connectivity index (χ4n) is 2.38. The van der Waals surface area contributed by atoms with Crippen LogP contribution in [-0.4, -0.2) is 18.4 Å². The van der Waals surface area contributed by atoms with Crippen molar-refractivity contribution in [3.8, 4) is 0 Å². The maximum absolute atomic E-state index is 12.9. The molecule has 0 aromatic heterocycles. The molecule has 0 atom stereocenters. The van der Waals surface area contributed by atoms with E-state index in [0.717, 1.165) is 5.56 Å². The molecule has 2 aromatic carbocycles. The van der Waals surface area contributed by atoms with Crippen LogP contribution < -0.4 is 5.73 Å². The summed E-state index contributed by atoms with van der Waals surface area (Å²) in [5.41, 5.74) is 8.16. The number of nitrogens with two attached hydrogens (primary N) is 1. The molecule has 0 aliphatic heterocycles. The fourth-order valence-corrected chi connectivity index (χ4v) is 2.38. The summed E-state index contributed by atoms with van der Waals surface area (Å²) >= 11 is 0. The first kappa shape index (κ1) is 15.8. The lowest BCUT2D eigenvalue weighted by molar-refractivity contribution is 0.0523. The number of benzene rings is 2. The summed E-state index contributed by atoms with van der Waals surface area (Å²) in [4.78, 5) is 25.0. The van der Waals surface area contributed by atoms with Gasteiger partial charge in [-0.2, -0.15) is 0 Å². The number of para-hydroxylation sites is 1. The fraction of sp³-hybridized carbons (Fsp3) is 0.222. The van der Waals surface area contributed by atoms with Crippen LogP contribution in [0.4, 0.5) is 5.69 Å². The number of nitrogen functional groups attached to an aromatic ring is 1. The van der Waals surface area contributed by atoms with Gasteiger partial charge in [-0.3, -0.25) is 4.79 Å². The lowest BCUT2D eigenvalue weighted by Crippen LogP contribution is -2.16. The van der Waals surface area contributed by atoms with E-state index in [4.69, 9.17) is 10.5 Å². The normalized spacial score (nSPS) is 10.3. The smallest absolute Gasteiger partial charge is 0.338 e. The molecule has 0 aliphatic rings. The maximum Gasteiger partial charge on any atom is 0.338 e. The monoisotopic (exact) mass is 297 g/mol. The van der Waals surface area contributed by atoms with Gasteiger partial charge in [0, 0.05) is 16.8 Å². The van der Waals surface area contributed by atoms with Crippen LogP contribution in [0.3, 0.4) is 0 Å². The van der Waals surface area contributed by atoms with E-state index in [0.29, 0.717) is 23.2 Å². The predicted molar refractivity (Wildman–Crippen MR) is 86.1 cm³/mol. The lowest BCUT2D eigenvalue weighted by Gasteiger charge is -2.13. The maximum atomic E-state index is 12.9. The van der Waals surface area contributed by atoms with Crippen molar-refractivity contribution in [1.82, 2.24) is 0 Å². The van der Waals surface area contributed by atoms with Crippen LogP contribution in [0.5, 0.6) is 0 Å². The van der Waals surface area contributed by atoms with Crippen LogP contribution in [-0.2, 0) is 11.2 Å². The molecule has 0 amide bonds. The quantitative estimate of drug-likeness (QED) is 0.522. The Morgan fingerprint density at radius 2 is 1.68 bits per heavy atom. The minimum absolute atomic E-state index is 0.251. The van der Waals surface area contributed by atoms with E-state index in [1.165, 1.54) is 0 Å². The summed E-state index contributed by atoms with van der Waals surface area (Å²) in [6.45, 7) is 3.93. The van der Waals surface area contributed by atoms with Crippen molar-refractivity contribution in [3.05, 3.63) is 64.7 Å². The highest BCUT2D eigenvalue weighted by Crippen LogP contribution is 2.23. The Labute approximate surface area is 129 Å². The third-order valence-electron chi connectivity index (χ3n) is 3.46. The Morgan fingerprint density at radius 3 is 2.32 bits per heavy atom. The van der Waals surface area contributed by atoms with E-state index in [1.54, 1.807) is 43.3 Å². The molecule has 4 heteroatoms.